The molecule has 0 unspecified atom stereocenters. The molecular weight excluding hydrogens is 200 g/mol. The predicted octanol–water partition coefficient (Wildman–Crippen LogP) is 2.86. The first kappa shape index (κ1) is 9.58. The first-order valence-electron chi connectivity index (χ1n) is 5.90. The van der Waals surface area contributed by atoms with E-state index in [-0.39, 0.29) is 0 Å². The Hall–Kier alpha value is -1.64. The van der Waals surface area contributed by atoms with Gasteiger partial charge in [0.2, 0.25) is 0 Å². The lowest BCUT2D eigenvalue weighted by Crippen LogP contribution is -2.29. The van der Waals surface area contributed by atoms with Crippen molar-refractivity contribution < 1.29 is 5.11 Å². The molecule has 2 aromatic rings. The second kappa shape index (κ2) is 3.74. The number of piperidine rings is 1. The average Bonchev–Trinajstić information content (AvgIpc) is 2.73. The highest BCUT2D eigenvalue weighted by molar-refractivity contribution is 5.93. The summed E-state index contributed by atoms with van der Waals surface area (Å²) in [4.78, 5) is 5.66. The van der Waals surface area contributed by atoms with Gasteiger partial charge < -0.3 is 15.0 Å². The van der Waals surface area contributed by atoms with Crippen molar-refractivity contribution in [3.05, 3.63) is 24.4 Å². The molecule has 2 heterocycles. The lowest BCUT2D eigenvalue weighted by molar-refractivity contribution is 0.476. The number of H-pyrrole nitrogens is 1. The summed E-state index contributed by atoms with van der Waals surface area (Å²) in [5.74, 6) is 0.338. The van der Waals surface area contributed by atoms with Crippen molar-refractivity contribution in [2.24, 2.45) is 0 Å². The monoisotopic (exact) mass is 216 g/mol. The third-order valence-corrected chi connectivity index (χ3v) is 3.34. The Labute approximate surface area is 94.7 Å². The number of anilines is 1. The molecule has 0 spiro atoms. The molecule has 0 saturated carbocycles. The highest BCUT2D eigenvalue weighted by atomic mass is 16.3. The predicted molar refractivity (Wildman–Crippen MR) is 66.0 cm³/mol. The summed E-state index contributed by atoms with van der Waals surface area (Å²) in [6, 6.07) is 5.49. The molecule has 1 aliphatic rings. The molecular formula is C13H16N2O. The van der Waals surface area contributed by atoms with Crippen LogP contribution in [0.3, 0.4) is 0 Å². The number of phenolic OH excluding ortho intramolecular Hbond substituents is 1. The Morgan fingerprint density at radius 3 is 2.75 bits per heavy atom. The van der Waals surface area contributed by atoms with Crippen LogP contribution in [0.2, 0.25) is 0 Å². The van der Waals surface area contributed by atoms with Crippen molar-refractivity contribution in [2.75, 3.05) is 18.0 Å². The van der Waals surface area contributed by atoms with E-state index in [1.165, 1.54) is 24.9 Å². The summed E-state index contributed by atoms with van der Waals surface area (Å²) < 4.78 is 0. The topological polar surface area (TPSA) is 39.3 Å². The van der Waals surface area contributed by atoms with Crippen LogP contribution in [0.4, 0.5) is 5.69 Å². The Morgan fingerprint density at radius 1 is 1.12 bits per heavy atom. The fourth-order valence-electron chi connectivity index (χ4n) is 2.49. The number of nitrogens with zero attached hydrogens (tertiary/aromatic N) is 1. The Kier molecular flexibility index (Phi) is 2.24. The number of phenols is 1. The van der Waals surface area contributed by atoms with Gasteiger partial charge in [-0.3, -0.25) is 0 Å². The van der Waals surface area contributed by atoms with Crippen molar-refractivity contribution >= 4 is 16.6 Å². The van der Waals surface area contributed by atoms with Crippen LogP contribution in [-0.4, -0.2) is 23.2 Å². The fraction of sp³-hybridized carbons (Fsp3) is 0.385. The molecule has 0 aliphatic carbocycles. The van der Waals surface area contributed by atoms with Crippen LogP contribution >= 0.6 is 0 Å². The standard InChI is InChI=1S/C13H16N2O/c16-10-4-5-12-11(8-10)13(9-14-12)15-6-2-1-3-7-15/h4-5,8-9,14,16H,1-3,6-7H2. The van der Waals surface area contributed by atoms with Gasteiger partial charge in [0.05, 0.1) is 5.69 Å². The van der Waals surface area contributed by atoms with Crippen LogP contribution in [0.1, 0.15) is 19.3 Å². The molecule has 1 aromatic heterocycles. The van der Waals surface area contributed by atoms with E-state index < -0.39 is 0 Å². The lowest BCUT2D eigenvalue weighted by Gasteiger charge is -2.28. The van der Waals surface area contributed by atoms with Crippen LogP contribution in [0, 0.1) is 0 Å². The van der Waals surface area contributed by atoms with E-state index in [0.717, 1.165) is 24.0 Å². The molecule has 0 bridgehead atoms. The Balaban J connectivity index is 2.05. The summed E-state index contributed by atoms with van der Waals surface area (Å²) in [7, 11) is 0. The number of benzene rings is 1. The van der Waals surface area contributed by atoms with Crippen LogP contribution < -0.4 is 4.90 Å². The van der Waals surface area contributed by atoms with Gasteiger partial charge in [0.15, 0.2) is 0 Å². The number of aromatic hydroxyl groups is 1. The minimum Gasteiger partial charge on any atom is -0.508 e. The van der Waals surface area contributed by atoms with Crippen molar-refractivity contribution in [1.82, 2.24) is 4.98 Å². The molecule has 1 fully saturated rings. The van der Waals surface area contributed by atoms with Gasteiger partial charge in [-0.2, -0.15) is 0 Å². The zero-order valence-electron chi connectivity index (χ0n) is 9.24. The van der Waals surface area contributed by atoms with Crippen LogP contribution in [0.5, 0.6) is 5.75 Å². The van der Waals surface area contributed by atoms with Crippen LogP contribution in [0.15, 0.2) is 24.4 Å². The molecule has 1 aromatic carbocycles. The smallest absolute Gasteiger partial charge is 0.116 e. The molecule has 3 nitrogen and oxygen atoms in total. The summed E-state index contributed by atoms with van der Waals surface area (Å²) in [6.45, 7) is 2.26. The quantitative estimate of drug-likeness (QED) is 0.769. The third-order valence-electron chi connectivity index (χ3n) is 3.34. The van der Waals surface area contributed by atoms with Gasteiger partial charge in [0, 0.05) is 30.2 Å². The van der Waals surface area contributed by atoms with E-state index in [2.05, 4.69) is 16.1 Å². The maximum atomic E-state index is 9.54. The Bertz CT molecular complexity index is 498. The number of hydrogen-bond acceptors (Lipinski definition) is 2. The summed E-state index contributed by atoms with van der Waals surface area (Å²) in [5.41, 5.74) is 2.32. The molecule has 0 amide bonds. The number of rotatable bonds is 1. The highest BCUT2D eigenvalue weighted by Crippen LogP contribution is 2.31. The largest absolute Gasteiger partial charge is 0.508 e. The number of aromatic nitrogens is 1. The van der Waals surface area contributed by atoms with Gasteiger partial charge in [-0.15, -0.1) is 0 Å². The maximum absolute atomic E-state index is 9.54. The van der Waals surface area contributed by atoms with E-state index in [9.17, 15) is 5.11 Å². The van der Waals surface area contributed by atoms with Gasteiger partial charge in [0.1, 0.15) is 5.75 Å². The van der Waals surface area contributed by atoms with Crippen molar-refractivity contribution in [3.63, 3.8) is 0 Å². The van der Waals surface area contributed by atoms with E-state index in [1.807, 2.05) is 12.1 Å². The highest BCUT2D eigenvalue weighted by Gasteiger charge is 2.14. The van der Waals surface area contributed by atoms with E-state index in [4.69, 9.17) is 0 Å². The maximum Gasteiger partial charge on any atom is 0.116 e. The van der Waals surface area contributed by atoms with E-state index >= 15 is 0 Å². The molecule has 1 aliphatic heterocycles. The number of fused-ring (bicyclic) bond motifs is 1. The minimum atomic E-state index is 0.338. The SMILES string of the molecule is Oc1ccc2[nH]cc(N3CCCCC3)c2c1. The molecule has 84 valence electrons. The van der Waals surface area contributed by atoms with Crippen molar-refractivity contribution in [1.29, 1.82) is 0 Å². The number of nitrogens with one attached hydrogen (secondary N) is 1. The van der Waals surface area contributed by atoms with Crippen LogP contribution in [0.25, 0.3) is 10.9 Å². The first-order valence-corrected chi connectivity index (χ1v) is 5.90. The summed E-state index contributed by atoms with van der Waals surface area (Å²) >= 11 is 0. The molecule has 0 radical (unpaired) electrons. The van der Waals surface area contributed by atoms with Gasteiger partial charge in [0.25, 0.3) is 0 Å². The number of hydrogen-bond donors (Lipinski definition) is 2. The van der Waals surface area contributed by atoms with Crippen molar-refractivity contribution in [3.8, 4) is 5.75 Å². The molecule has 1 saturated heterocycles. The zero-order valence-corrected chi connectivity index (χ0v) is 9.24. The van der Waals surface area contributed by atoms with Gasteiger partial charge in [-0.25, -0.2) is 0 Å². The summed E-state index contributed by atoms with van der Waals surface area (Å²) in [5, 5.41) is 10.7. The molecule has 0 atom stereocenters. The third kappa shape index (κ3) is 1.52. The molecule has 3 rings (SSSR count). The summed E-state index contributed by atoms with van der Waals surface area (Å²) in [6.07, 6.45) is 5.93. The van der Waals surface area contributed by atoms with Gasteiger partial charge in [-0.1, -0.05) is 0 Å². The average molecular weight is 216 g/mol. The lowest BCUT2D eigenvalue weighted by atomic mass is 10.1. The minimum absolute atomic E-state index is 0.338. The molecule has 2 N–H and O–H groups in total. The van der Waals surface area contributed by atoms with Crippen molar-refractivity contribution in [2.45, 2.75) is 19.3 Å². The zero-order chi connectivity index (χ0) is 11.0. The van der Waals surface area contributed by atoms with E-state index in [0.29, 0.717) is 5.75 Å². The van der Waals surface area contributed by atoms with Gasteiger partial charge >= 0.3 is 0 Å². The van der Waals surface area contributed by atoms with Gasteiger partial charge in [-0.05, 0) is 37.5 Å². The molecule has 16 heavy (non-hydrogen) atoms. The number of aromatic amines is 1. The first-order chi connectivity index (χ1) is 7.84. The molecule has 3 heteroatoms. The van der Waals surface area contributed by atoms with E-state index in [1.54, 1.807) is 6.07 Å². The Morgan fingerprint density at radius 2 is 1.94 bits per heavy atom. The van der Waals surface area contributed by atoms with Crippen LogP contribution in [-0.2, 0) is 0 Å². The second-order valence-corrected chi connectivity index (χ2v) is 4.45. The fourth-order valence-corrected chi connectivity index (χ4v) is 2.49. The second-order valence-electron chi connectivity index (χ2n) is 4.45. The normalized spacial score (nSPS) is 16.9.